The van der Waals surface area contributed by atoms with Crippen LogP contribution in [0.1, 0.15) is 35.2 Å². The van der Waals surface area contributed by atoms with Gasteiger partial charge >= 0.3 is 5.97 Å². The Morgan fingerprint density at radius 1 is 1.50 bits per heavy atom. The van der Waals surface area contributed by atoms with E-state index in [0.29, 0.717) is 6.61 Å². The molecule has 1 rings (SSSR count). The summed E-state index contributed by atoms with van der Waals surface area (Å²) in [5.41, 5.74) is 1.04. The predicted molar refractivity (Wildman–Crippen MR) is 66.8 cm³/mol. The molecular weight excluding hydrogens is 222 g/mol. The molecule has 0 amide bonds. The first-order chi connectivity index (χ1) is 7.60. The maximum Gasteiger partial charge on any atom is 0.327 e. The summed E-state index contributed by atoms with van der Waals surface area (Å²) in [6.45, 7) is 9.07. The average Bonchev–Trinajstić information content (AvgIpc) is 2.54. The number of likely N-dealkylation sites (N-methyl/N-ethyl adjacent to an activating group) is 1. The summed E-state index contributed by atoms with van der Waals surface area (Å²) in [5.74, 6) is -0.190. The molecule has 0 fully saturated rings. The maximum atomic E-state index is 11.8. The predicted octanol–water partition coefficient (Wildman–Crippen LogP) is 2.58. The molecule has 1 atom stereocenters. The van der Waals surface area contributed by atoms with Crippen LogP contribution >= 0.6 is 11.3 Å². The molecule has 0 aliphatic rings. The van der Waals surface area contributed by atoms with Gasteiger partial charge in [-0.25, -0.2) is 4.79 Å². The van der Waals surface area contributed by atoms with E-state index in [-0.39, 0.29) is 12.0 Å². The van der Waals surface area contributed by atoms with Crippen LogP contribution in [0.3, 0.4) is 0 Å². The Labute approximate surface area is 101 Å². The molecule has 16 heavy (non-hydrogen) atoms. The third-order valence-electron chi connectivity index (χ3n) is 2.32. The fraction of sp³-hybridized carbons (Fsp3) is 0.583. The van der Waals surface area contributed by atoms with Crippen LogP contribution in [0.5, 0.6) is 0 Å². The first kappa shape index (κ1) is 13.2. The van der Waals surface area contributed by atoms with Gasteiger partial charge in [0.1, 0.15) is 6.04 Å². The molecule has 0 aliphatic carbocycles. The molecule has 1 aromatic heterocycles. The molecule has 1 heterocycles. The van der Waals surface area contributed by atoms with Crippen molar-refractivity contribution in [1.29, 1.82) is 0 Å². The monoisotopic (exact) mass is 241 g/mol. The minimum absolute atomic E-state index is 0.190. The van der Waals surface area contributed by atoms with Crippen molar-refractivity contribution in [1.82, 2.24) is 5.32 Å². The molecule has 1 unspecified atom stereocenters. The van der Waals surface area contributed by atoms with Gasteiger partial charge in [0.15, 0.2) is 0 Å². The van der Waals surface area contributed by atoms with E-state index >= 15 is 0 Å². The maximum absolute atomic E-state index is 11.8. The smallest absolute Gasteiger partial charge is 0.327 e. The summed E-state index contributed by atoms with van der Waals surface area (Å²) < 4.78 is 5.08. The van der Waals surface area contributed by atoms with Gasteiger partial charge < -0.3 is 10.1 Å². The summed E-state index contributed by atoms with van der Waals surface area (Å²) in [7, 11) is 0. The lowest BCUT2D eigenvalue weighted by atomic mass is 10.1. The van der Waals surface area contributed by atoms with E-state index in [1.807, 2.05) is 20.8 Å². The number of hydrogen-bond donors (Lipinski definition) is 1. The Balaban J connectivity index is 2.92. The SMILES string of the molecule is CCNC(C(=O)OCC)c1cc(C)sc1C. The van der Waals surface area contributed by atoms with Gasteiger partial charge in [0, 0.05) is 9.75 Å². The number of carbonyl (C=O) groups is 1. The number of aryl methyl sites for hydroxylation is 2. The van der Waals surface area contributed by atoms with Gasteiger partial charge in [-0.05, 0) is 38.9 Å². The second kappa shape index (κ2) is 6.01. The second-order valence-corrected chi connectivity index (χ2v) is 5.07. The molecule has 0 aliphatic heterocycles. The van der Waals surface area contributed by atoms with Crippen LogP contribution in [0, 0.1) is 13.8 Å². The number of hydrogen-bond acceptors (Lipinski definition) is 4. The topological polar surface area (TPSA) is 38.3 Å². The Kier molecular flexibility index (Phi) is 4.96. The lowest BCUT2D eigenvalue weighted by Gasteiger charge is -2.16. The Morgan fingerprint density at radius 2 is 2.19 bits per heavy atom. The zero-order chi connectivity index (χ0) is 12.1. The molecule has 0 saturated carbocycles. The highest BCUT2D eigenvalue weighted by Crippen LogP contribution is 2.27. The molecular formula is C12H19NO2S. The highest BCUT2D eigenvalue weighted by molar-refractivity contribution is 7.12. The van der Waals surface area contributed by atoms with Gasteiger partial charge in [0.25, 0.3) is 0 Å². The largest absolute Gasteiger partial charge is 0.465 e. The number of thiophene rings is 1. The number of ether oxygens (including phenoxy) is 1. The van der Waals surface area contributed by atoms with Gasteiger partial charge in [-0.15, -0.1) is 11.3 Å². The summed E-state index contributed by atoms with van der Waals surface area (Å²) >= 11 is 1.71. The third-order valence-corrected chi connectivity index (χ3v) is 3.30. The fourth-order valence-corrected chi connectivity index (χ4v) is 2.65. The molecule has 0 bridgehead atoms. The average molecular weight is 241 g/mol. The summed E-state index contributed by atoms with van der Waals surface area (Å²) in [6, 6.07) is 1.74. The van der Waals surface area contributed by atoms with Crippen LogP contribution in [-0.2, 0) is 9.53 Å². The lowest BCUT2D eigenvalue weighted by molar-refractivity contribution is -0.145. The Morgan fingerprint density at radius 3 is 2.62 bits per heavy atom. The lowest BCUT2D eigenvalue weighted by Crippen LogP contribution is -2.30. The molecule has 1 aromatic rings. The Hall–Kier alpha value is -0.870. The van der Waals surface area contributed by atoms with Gasteiger partial charge in [-0.3, -0.25) is 0 Å². The van der Waals surface area contributed by atoms with E-state index in [2.05, 4.69) is 18.3 Å². The molecule has 0 spiro atoms. The first-order valence-electron chi connectivity index (χ1n) is 5.57. The summed E-state index contributed by atoms with van der Waals surface area (Å²) in [6.07, 6.45) is 0. The van der Waals surface area contributed by atoms with E-state index in [9.17, 15) is 4.79 Å². The molecule has 3 nitrogen and oxygen atoms in total. The number of nitrogens with one attached hydrogen (secondary N) is 1. The van der Waals surface area contributed by atoms with E-state index in [4.69, 9.17) is 4.74 Å². The molecule has 4 heteroatoms. The normalized spacial score (nSPS) is 12.5. The highest BCUT2D eigenvalue weighted by Gasteiger charge is 2.23. The van der Waals surface area contributed by atoms with E-state index in [1.165, 1.54) is 9.75 Å². The standard InChI is InChI=1S/C12H19NO2S/c1-5-13-11(12(14)15-6-2)10-7-8(3)16-9(10)4/h7,11,13H,5-6H2,1-4H3. The third kappa shape index (κ3) is 3.06. The van der Waals surface area contributed by atoms with Crippen LogP contribution < -0.4 is 5.32 Å². The van der Waals surface area contributed by atoms with Crippen molar-refractivity contribution in [3.05, 3.63) is 21.4 Å². The van der Waals surface area contributed by atoms with E-state index < -0.39 is 0 Å². The first-order valence-corrected chi connectivity index (χ1v) is 6.38. The van der Waals surface area contributed by atoms with Gasteiger partial charge in [-0.2, -0.15) is 0 Å². The highest BCUT2D eigenvalue weighted by atomic mass is 32.1. The summed E-state index contributed by atoms with van der Waals surface area (Å²) in [5, 5.41) is 3.17. The fourth-order valence-electron chi connectivity index (χ4n) is 1.69. The van der Waals surface area contributed by atoms with Crippen molar-refractivity contribution in [3.8, 4) is 0 Å². The van der Waals surface area contributed by atoms with Crippen molar-refractivity contribution < 1.29 is 9.53 Å². The van der Waals surface area contributed by atoms with Crippen molar-refractivity contribution >= 4 is 17.3 Å². The van der Waals surface area contributed by atoms with Crippen LogP contribution in [-0.4, -0.2) is 19.1 Å². The van der Waals surface area contributed by atoms with Crippen molar-refractivity contribution in [3.63, 3.8) is 0 Å². The summed E-state index contributed by atoms with van der Waals surface area (Å²) in [4.78, 5) is 14.2. The van der Waals surface area contributed by atoms with Crippen LogP contribution in [0.25, 0.3) is 0 Å². The molecule has 0 aromatic carbocycles. The van der Waals surface area contributed by atoms with Crippen molar-refractivity contribution in [2.24, 2.45) is 0 Å². The van der Waals surface area contributed by atoms with Crippen LogP contribution in [0.4, 0.5) is 0 Å². The van der Waals surface area contributed by atoms with E-state index in [1.54, 1.807) is 11.3 Å². The molecule has 90 valence electrons. The van der Waals surface area contributed by atoms with E-state index in [0.717, 1.165) is 12.1 Å². The zero-order valence-corrected chi connectivity index (χ0v) is 11.1. The zero-order valence-electron chi connectivity index (χ0n) is 10.3. The van der Waals surface area contributed by atoms with Gasteiger partial charge in [0.05, 0.1) is 6.61 Å². The van der Waals surface area contributed by atoms with Gasteiger partial charge in [-0.1, -0.05) is 6.92 Å². The van der Waals surface area contributed by atoms with Crippen LogP contribution in [0.15, 0.2) is 6.07 Å². The number of carbonyl (C=O) groups excluding carboxylic acids is 1. The molecule has 0 saturated heterocycles. The van der Waals surface area contributed by atoms with Gasteiger partial charge in [0.2, 0.25) is 0 Å². The molecule has 1 N–H and O–H groups in total. The van der Waals surface area contributed by atoms with Crippen molar-refractivity contribution in [2.75, 3.05) is 13.2 Å². The molecule has 0 radical (unpaired) electrons. The Bertz CT molecular complexity index is 360. The quantitative estimate of drug-likeness (QED) is 0.805. The van der Waals surface area contributed by atoms with Crippen molar-refractivity contribution in [2.45, 2.75) is 33.7 Å². The van der Waals surface area contributed by atoms with Crippen LogP contribution in [0.2, 0.25) is 0 Å². The minimum Gasteiger partial charge on any atom is -0.465 e. The number of esters is 1. The second-order valence-electron chi connectivity index (χ2n) is 3.61. The minimum atomic E-state index is -0.324. The number of rotatable bonds is 5.